The number of nitrogens with zero attached hydrogens (tertiary/aromatic N) is 1. The highest BCUT2D eigenvalue weighted by Gasteiger charge is 2.18. The topological polar surface area (TPSA) is 75.0 Å². The fraction of sp³-hybridized carbons (Fsp3) is 0.385. The third-order valence-electron chi connectivity index (χ3n) is 2.57. The summed E-state index contributed by atoms with van der Waals surface area (Å²) in [5, 5.41) is 8.33. The van der Waals surface area contributed by atoms with E-state index < -0.39 is 27.2 Å². The van der Waals surface area contributed by atoms with E-state index in [0.717, 1.165) is 6.07 Å². The third kappa shape index (κ3) is 4.79. The molecule has 0 aliphatic carbocycles. The van der Waals surface area contributed by atoms with E-state index in [1.807, 2.05) is 6.07 Å². The van der Waals surface area contributed by atoms with Gasteiger partial charge in [-0.3, -0.25) is 4.79 Å². The average Bonchev–Trinajstić information content (AvgIpc) is 2.32. The smallest absolute Gasteiger partial charge is 0.177 e. The van der Waals surface area contributed by atoms with Crippen molar-refractivity contribution < 1.29 is 17.6 Å². The first-order valence-corrected chi connectivity index (χ1v) is 7.54. The van der Waals surface area contributed by atoms with E-state index in [2.05, 4.69) is 0 Å². The molecular weight excluding hydrogens is 269 g/mol. The minimum Gasteiger partial charge on any atom is -0.293 e. The van der Waals surface area contributed by atoms with Gasteiger partial charge in [0.2, 0.25) is 0 Å². The molecule has 0 fully saturated rings. The maximum Gasteiger partial charge on any atom is 0.177 e. The number of ketones is 1. The van der Waals surface area contributed by atoms with Crippen molar-refractivity contribution in [2.75, 3.05) is 11.5 Å². The SMILES string of the molecule is Cc1cc(C(=O)CS(=O)(=O)CCCC#N)ccc1F. The fourth-order valence-electron chi connectivity index (χ4n) is 1.54. The van der Waals surface area contributed by atoms with Crippen molar-refractivity contribution in [2.24, 2.45) is 0 Å². The molecule has 0 bridgehead atoms. The van der Waals surface area contributed by atoms with Gasteiger partial charge in [-0.25, -0.2) is 12.8 Å². The lowest BCUT2D eigenvalue weighted by atomic mass is 10.1. The Morgan fingerprint density at radius 1 is 1.42 bits per heavy atom. The monoisotopic (exact) mass is 283 g/mol. The van der Waals surface area contributed by atoms with Crippen molar-refractivity contribution in [1.29, 1.82) is 5.26 Å². The molecule has 102 valence electrons. The van der Waals surface area contributed by atoms with Gasteiger partial charge in [0.05, 0.1) is 11.8 Å². The van der Waals surface area contributed by atoms with Gasteiger partial charge in [0, 0.05) is 12.0 Å². The van der Waals surface area contributed by atoms with E-state index in [0.29, 0.717) is 5.56 Å². The molecule has 19 heavy (non-hydrogen) atoms. The lowest BCUT2D eigenvalue weighted by Gasteiger charge is -2.04. The summed E-state index contributed by atoms with van der Waals surface area (Å²) in [6.45, 7) is 1.51. The van der Waals surface area contributed by atoms with Crippen LogP contribution >= 0.6 is 0 Å². The van der Waals surface area contributed by atoms with Gasteiger partial charge in [-0.1, -0.05) is 0 Å². The van der Waals surface area contributed by atoms with Crippen LogP contribution in [0.3, 0.4) is 0 Å². The van der Waals surface area contributed by atoms with Crippen molar-refractivity contribution in [2.45, 2.75) is 19.8 Å². The van der Waals surface area contributed by atoms with Crippen molar-refractivity contribution in [1.82, 2.24) is 0 Å². The lowest BCUT2D eigenvalue weighted by Crippen LogP contribution is -2.19. The Kier molecular flexibility index (Phi) is 5.19. The normalized spacial score (nSPS) is 11.0. The minimum absolute atomic E-state index is 0.142. The van der Waals surface area contributed by atoms with Crippen LogP contribution in [-0.4, -0.2) is 25.7 Å². The van der Waals surface area contributed by atoms with Crippen LogP contribution in [0.15, 0.2) is 18.2 Å². The summed E-state index contributed by atoms with van der Waals surface area (Å²) in [4.78, 5) is 11.8. The molecule has 0 N–H and O–H groups in total. The van der Waals surface area contributed by atoms with Gasteiger partial charge in [-0.05, 0) is 37.1 Å². The van der Waals surface area contributed by atoms with E-state index in [1.165, 1.54) is 19.1 Å². The molecule has 0 aromatic heterocycles. The van der Waals surface area contributed by atoms with Crippen LogP contribution in [0.2, 0.25) is 0 Å². The number of unbranched alkanes of at least 4 members (excludes halogenated alkanes) is 1. The van der Waals surface area contributed by atoms with E-state index in [9.17, 15) is 17.6 Å². The van der Waals surface area contributed by atoms with Crippen molar-refractivity contribution in [3.8, 4) is 6.07 Å². The van der Waals surface area contributed by atoms with Gasteiger partial charge in [-0.2, -0.15) is 5.26 Å². The second-order valence-corrected chi connectivity index (χ2v) is 6.42. The zero-order valence-electron chi connectivity index (χ0n) is 10.5. The maximum atomic E-state index is 13.0. The molecule has 0 heterocycles. The predicted octanol–water partition coefficient (Wildman–Crippen LogP) is 2.04. The Labute approximate surface area is 111 Å². The molecule has 0 atom stereocenters. The molecule has 0 aliphatic rings. The van der Waals surface area contributed by atoms with Crippen LogP contribution in [0.25, 0.3) is 0 Å². The number of sulfone groups is 1. The highest BCUT2D eigenvalue weighted by Crippen LogP contribution is 2.11. The average molecular weight is 283 g/mol. The van der Waals surface area contributed by atoms with Gasteiger partial charge in [-0.15, -0.1) is 0 Å². The molecule has 0 spiro atoms. The Morgan fingerprint density at radius 2 is 2.11 bits per heavy atom. The van der Waals surface area contributed by atoms with Crippen LogP contribution in [0.1, 0.15) is 28.8 Å². The maximum absolute atomic E-state index is 13.0. The van der Waals surface area contributed by atoms with E-state index in [-0.39, 0.29) is 24.2 Å². The van der Waals surface area contributed by atoms with Crippen molar-refractivity contribution in [3.05, 3.63) is 35.1 Å². The van der Waals surface area contributed by atoms with Crippen LogP contribution in [0.5, 0.6) is 0 Å². The zero-order chi connectivity index (χ0) is 14.5. The van der Waals surface area contributed by atoms with E-state index >= 15 is 0 Å². The number of carbonyl (C=O) groups is 1. The van der Waals surface area contributed by atoms with Gasteiger partial charge >= 0.3 is 0 Å². The molecule has 4 nitrogen and oxygen atoms in total. The van der Waals surface area contributed by atoms with Crippen molar-refractivity contribution in [3.63, 3.8) is 0 Å². The number of hydrogen-bond acceptors (Lipinski definition) is 4. The summed E-state index contributed by atoms with van der Waals surface area (Å²) in [5.41, 5.74) is 0.482. The van der Waals surface area contributed by atoms with Crippen LogP contribution in [0.4, 0.5) is 4.39 Å². The second-order valence-electron chi connectivity index (χ2n) is 4.24. The standard InChI is InChI=1S/C13H14FNO3S/c1-10-8-11(4-5-12(10)14)13(16)9-19(17,18)7-3-2-6-15/h4-5,8H,2-3,7,9H2,1H3. The highest BCUT2D eigenvalue weighted by molar-refractivity contribution is 7.92. The number of halogens is 1. The molecule has 0 saturated carbocycles. The Bertz CT molecular complexity index is 617. The quantitative estimate of drug-likeness (QED) is 0.591. The zero-order valence-corrected chi connectivity index (χ0v) is 11.3. The van der Waals surface area contributed by atoms with Crippen molar-refractivity contribution >= 4 is 15.6 Å². The third-order valence-corrected chi connectivity index (χ3v) is 4.19. The molecule has 0 aliphatic heterocycles. The molecule has 1 aromatic carbocycles. The Balaban J connectivity index is 2.74. The largest absolute Gasteiger partial charge is 0.293 e. The van der Waals surface area contributed by atoms with Crippen LogP contribution < -0.4 is 0 Å². The van der Waals surface area contributed by atoms with Crippen LogP contribution in [-0.2, 0) is 9.84 Å². The fourth-order valence-corrected chi connectivity index (χ4v) is 2.84. The predicted molar refractivity (Wildman–Crippen MR) is 69.0 cm³/mol. The van der Waals surface area contributed by atoms with Gasteiger partial charge in [0.1, 0.15) is 11.6 Å². The molecule has 1 aromatic rings. The number of rotatable bonds is 6. The molecule has 1 rings (SSSR count). The second kappa shape index (κ2) is 6.43. The number of nitriles is 1. The first-order chi connectivity index (χ1) is 8.85. The lowest BCUT2D eigenvalue weighted by molar-refractivity contribution is 0.102. The first kappa shape index (κ1) is 15.3. The van der Waals surface area contributed by atoms with Gasteiger partial charge < -0.3 is 0 Å². The summed E-state index contributed by atoms with van der Waals surface area (Å²) in [6.07, 6.45) is 0.359. The number of hydrogen-bond donors (Lipinski definition) is 0. The number of aryl methyl sites for hydroxylation is 1. The molecule has 0 saturated heterocycles. The summed E-state index contributed by atoms with van der Waals surface area (Å²) in [6, 6.07) is 5.60. The molecular formula is C13H14FNO3S. The highest BCUT2D eigenvalue weighted by atomic mass is 32.2. The summed E-state index contributed by atoms with van der Waals surface area (Å²) >= 11 is 0. The Hall–Kier alpha value is -1.74. The van der Waals surface area contributed by atoms with E-state index in [4.69, 9.17) is 5.26 Å². The van der Waals surface area contributed by atoms with E-state index in [1.54, 1.807) is 0 Å². The number of benzene rings is 1. The van der Waals surface area contributed by atoms with Gasteiger partial charge in [0.15, 0.2) is 15.6 Å². The minimum atomic E-state index is -3.52. The molecule has 6 heteroatoms. The van der Waals surface area contributed by atoms with Crippen LogP contribution in [0, 0.1) is 24.1 Å². The summed E-state index contributed by atoms with van der Waals surface area (Å²) in [5.74, 6) is -1.79. The molecule has 0 amide bonds. The summed E-state index contributed by atoms with van der Waals surface area (Å²) < 4.78 is 36.3. The number of carbonyl (C=O) groups excluding carboxylic acids is 1. The summed E-state index contributed by atoms with van der Waals surface area (Å²) in [7, 11) is -3.52. The molecule has 0 unspecified atom stereocenters. The van der Waals surface area contributed by atoms with Gasteiger partial charge in [0.25, 0.3) is 0 Å². The molecule has 0 radical (unpaired) electrons. The number of Topliss-reactive ketones (excluding diaryl/α,β-unsaturated/α-hetero) is 1. The first-order valence-electron chi connectivity index (χ1n) is 5.72. The Morgan fingerprint density at radius 3 is 2.68 bits per heavy atom.